The maximum atomic E-state index is 14.0. The number of carbonyl (C=O) groups excluding carboxylic acids is 2. The highest BCUT2D eigenvalue weighted by molar-refractivity contribution is 7.92. The van der Waals surface area contributed by atoms with Gasteiger partial charge in [0.2, 0.25) is 21.8 Å². The van der Waals surface area contributed by atoms with Crippen LogP contribution in [0.2, 0.25) is 5.02 Å². The van der Waals surface area contributed by atoms with Gasteiger partial charge in [0.1, 0.15) is 12.6 Å². The first kappa shape index (κ1) is 29.2. The van der Waals surface area contributed by atoms with Crippen LogP contribution in [-0.4, -0.2) is 50.5 Å². The molecule has 0 saturated heterocycles. The molecule has 0 spiro atoms. The molecule has 0 saturated carbocycles. The van der Waals surface area contributed by atoms with Crippen molar-refractivity contribution in [3.63, 3.8) is 0 Å². The summed E-state index contributed by atoms with van der Waals surface area (Å²) in [7, 11) is -3.82. The van der Waals surface area contributed by atoms with Gasteiger partial charge in [-0.05, 0) is 49.6 Å². The zero-order chi connectivity index (χ0) is 27.9. The number of hydrogen-bond donors (Lipinski definition) is 1. The summed E-state index contributed by atoms with van der Waals surface area (Å²) in [6, 6.07) is 21.0. The van der Waals surface area contributed by atoms with E-state index in [0.29, 0.717) is 22.8 Å². The summed E-state index contributed by atoms with van der Waals surface area (Å²) in [6.45, 7) is 5.49. The maximum Gasteiger partial charge on any atom is 0.244 e. The molecule has 202 valence electrons. The summed E-state index contributed by atoms with van der Waals surface area (Å²) in [6.07, 6.45) is 1.33. The lowest BCUT2D eigenvalue weighted by molar-refractivity contribution is -0.140. The third kappa shape index (κ3) is 7.58. The topological polar surface area (TPSA) is 86.8 Å². The van der Waals surface area contributed by atoms with Crippen molar-refractivity contribution < 1.29 is 18.0 Å². The van der Waals surface area contributed by atoms with Crippen LogP contribution >= 0.6 is 11.6 Å². The van der Waals surface area contributed by atoms with E-state index in [-0.39, 0.29) is 18.9 Å². The Morgan fingerprint density at radius 2 is 1.63 bits per heavy atom. The lowest BCUT2D eigenvalue weighted by Gasteiger charge is -2.34. The van der Waals surface area contributed by atoms with Gasteiger partial charge in [0.05, 0.1) is 11.9 Å². The van der Waals surface area contributed by atoms with Crippen LogP contribution < -0.4 is 9.62 Å². The molecular formula is C29H34ClN3O4S. The second kappa shape index (κ2) is 12.9. The zero-order valence-electron chi connectivity index (χ0n) is 22.1. The second-order valence-corrected chi connectivity index (χ2v) is 11.6. The zero-order valence-corrected chi connectivity index (χ0v) is 23.7. The molecule has 1 unspecified atom stereocenters. The van der Waals surface area contributed by atoms with Gasteiger partial charge >= 0.3 is 0 Å². The molecule has 0 aliphatic rings. The Morgan fingerprint density at radius 3 is 2.24 bits per heavy atom. The van der Waals surface area contributed by atoms with Gasteiger partial charge in [0, 0.05) is 24.5 Å². The summed E-state index contributed by atoms with van der Waals surface area (Å²) in [5, 5.41) is 3.29. The molecule has 1 atom stereocenters. The van der Waals surface area contributed by atoms with Crippen LogP contribution in [0.1, 0.15) is 29.2 Å². The molecule has 38 heavy (non-hydrogen) atoms. The van der Waals surface area contributed by atoms with Crippen molar-refractivity contribution in [3.05, 3.63) is 100 Å². The van der Waals surface area contributed by atoms with E-state index in [0.717, 1.165) is 27.3 Å². The molecule has 0 aliphatic heterocycles. The largest absolute Gasteiger partial charge is 0.355 e. The van der Waals surface area contributed by atoms with Crippen LogP contribution in [0.5, 0.6) is 0 Å². The minimum absolute atomic E-state index is 0.0393. The van der Waals surface area contributed by atoms with Gasteiger partial charge in [-0.25, -0.2) is 8.42 Å². The van der Waals surface area contributed by atoms with Gasteiger partial charge < -0.3 is 10.2 Å². The maximum absolute atomic E-state index is 14.0. The molecule has 0 aromatic heterocycles. The van der Waals surface area contributed by atoms with Crippen LogP contribution in [0.3, 0.4) is 0 Å². The quantitative estimate of drug-likeness (QED) is 0.377. The third-order valence-corrected chi connectivity index (χ3v) is 7.72. The molecule has 7 nitrogen and oxygen atoms in total. The van der Waals surface area contributed by atoms with E-state index in [1.54, 1.807) is 43.3 Å². The van der Waals surface area contributed by atoms with Crippen molar-refractivity contribution in [3.8, 4) is 0 Å². The molecule has 2 amide bonds. The standard InChI is InChI=1S/C29H34ClN3O4S/c1-5-31-29(35)27(18-23-11-7-6-8-12-23)32(19-24-13-9-10-14-25(24)30)28(34)20-33(38(4,36)37)26-16-15-21(2)17-22(26)3/h6-17,27H,5,18-20H2,1-4H3,(H,31,35). The van der Waals surface area contributed by atoms with Gasteiger partial charge in [-0.3, -0.25) is 13.9 Å². The Balaban J connectivity index is 2.07. The van der Waals surface area contributed by atoms with Crippen molar-refractivity contribution in [2.45, 2.75) is 39.8 Å². The molecule has 3 aromatic carbocycles. The number of nitrogens with zero attached hydrogens (tertiary/aromatic N) is 2. The smallest absolute Gasteiger partial charge is 0.244 e. The first-order valence-electron chi connectivity index (χ1n) is 12.4. The normalized spacial score (nSPS) is 12.0. The molecule has 9 heteroatoms. The summed E-state index contributed by atoms with van der Waals surface area (Å²) < 4.78 is 26.9. The van der Waals surface area contributed by atoms with E-state index in [4.69, 9.17) is 11.6 Å². The van der Waals surface area contributed by atoms with Crippen LogP contribution in [0.25, 0.3) is 0 Å². The highest BCUT2D eigenvalue weighted by atomic mass is 35.5. The van der Waals surface area contributed by atoms with Crippen LogP contribution in [0.15, 0.2) is 72.8 Å². The minimum atomic E-state index is -3.82. The van der Waals surface area contributed by atoms with Crippen molar-refractivity contribution in [2.24, 2.45) is 0 Å². The Morgan fingerprint density at radius 1 is 0.974 bits per heavy atom. The highest BCUT2D eigenvalue weighted by Gasteiger charge is 2.33. The SMILES string of the molecule is CCNC(=O)C(Cc1ccccc1)N(Cc1ccccc1Cl)C(=O)CN(c1ccc(C)cc1C)S(C)(=O)=O. The van der Waals surface area contributed by atoms with Crippen LogP contribution in [-0.2, 0) is 32.6 Å². The monoisotopic (exact) mass is 555 g/mol. The number of aryl methyl sites for hydroxylation is 2. The van der Waals surface area contributed by atoms with Crippen LogP contribution in [0.4, 0.5) is 5.69 Å². The average Bonchev–Trinajstić information content (AvgIpc) is 2.86. The minimum Gasteiger partial charge on any atom is -0.355 e. The van der Waals surface area contributed by atoms with E-state index >= 15 is 0 Å². The summed E-state index contributed by atoms with van der Waals surface area (Å²) in [4.78, 5) is 28.8. The number of likely N-dealkylation sites (N-methyl/N-ethyl adjacent to an activating group) is 1. The van der Waals surface area contributed by atoms with Crippen molar-refractivity contribution >= 4 is 39.1 Å². The molecule has 3 rings (SSSR count). The van der Waals surface area contributed by atoms with E-state index in [9.17, 15) is 18.0 Å². The number of halogens is 1. The molecular weight excluding hydrogens is 522 g/mol. The van der Waals surface area contributed by atoms with E-state index in [2.05, 4.69) is 5.32 Å². The number of nitrogens with one attached hydrogen (secondary N) is 1. The second-order valence-electron chi connectivity index (χ2n) is 9.27. The lowest BCUT2D eigenvalue weighted by Crippen LogP contribution is -2.53. The number of rotatable bonds is 11. The first-order valence-corrected chi connectivity index (χ1v) is 14.6. The number of hydrogen-bond acceptors (Lipinski definition) is 4. The molecule has 3 aromatic rings. The molecule has 0 heterocycles. The third-order valence-electron chi connectivity index (χ3n) is 6.22. The number of carbonyl (C=O) groups is 2. The molecule has 0 fully saturated rings. The fourth-order valence-electron chi connectivity index (χ4n) is 4.34. The van der Waals surface area contributed by atoms with Gasteiger partial charge in [-0.1, -0.05) is 77.8 Å². The molecule has 0 radical (unpaired) electrons. The van der Waals surface area contributed by atoms with Gasteiger partial charge in [-0.15, -0.1) is 0 Å². The van der Waals surface area contributed by atoms with E-state index in [1.807, 2.05) is 50.2 Å². The Labute approximate surface area is 230 Å². The summed E-state index contributed by atoms with van der Waals surface area (Å²) >= 11 is 6.44. The number of amides is 2. The summed E-state index contributed by atoms with van der Waals surface area (Å²) in [5.74, 6) is -0.836. The predicted molar refractivity (Wildman–Crippen MR) is 153 cm³/mol. The van der Waals surface area contributed by atoms with E-state index < -0.39 is 28.5 Å². The Hall–Kier alpha value is -3.36. The van der Waals surface area contributed by atoms with Crippen LogP contribution in [0, 0.1) is 13.8 Å². The Bertz CT molecular complexity index is 1380. The fourth-order valence-corrected chi connectivity index (χ4v) is 5.44. The molecule has 0 aliphatic carbocycles. The first-order chi connectivity index (χ1) is 18.0. The molecule has 1 N–H and O–H groups in total. The van der Waals surface area contributed by atoms with Gasteiger partial charge in [0.15, 0.2) is 0 Å². The van der Waals surface area contributed by atoms with Gasteiger partial charge in [0.25, 0.3) is 0 Å². The highest BCUT2D eigenvalue weighted by Crippen LogP contribution is 2.25. The predicted octanol–water partition coefficient (Wildman–Crippen LogP) is 4.50. The van der Waals surface area contributed by atoms with Gasteiger partial charge in [-0.2, -0.15) is 0 Å². The summed E-state index contributed by atoms with van der Waals surface area (Å²) in [5.41, 5.74) is 3.65. The molecule has 0 bridgehead atoms. The van der Waals surface area contributed by atoms with Crippen molar-refractivity contribution in [1.29, 1.82) is 0 Å². The number of anilines is 1. The van der Waals surface area contributed by atoms with Crippen molar-refractivity contribution in [2.75, 3.05) is 23.7 Å². The fraction of sp³-hybridized carbons (Fsp3) is 0.310. The van der Waals surface area contributed by atoms with E-state index in [1.165, 1.54) is 4.90 Å². The Kier molecular flexibility index (Phi) is 9.94. The number of benzene rings is 3. The average molecular weight is 556 g/mol. The number of sulfonamides is 1. The van der Waals surface area contributed by atoms with Crippen molar-refractivity contribution in [1.82, 2.24) is 10.2 Å². The lowest BCUT2D eigenvalue weighted by atomic mass is 10.0.